The third-order valence-corrected chi connectivity index (χ3v) is 8.03. The van der Waals surface area contributed by atoms with Crippen LogP contribution in [0.1, 0.15) is 83.3 Å². The Morgan fingerprint density at radius 2 is 2.07 bits per heavy atom. The van der Waals surface area contributed by atoms with Crippen molar-refractivity contribution in [1.29, 1.82) is 0 Å². The van der Waals surface area contributed by atoms with E-state index < -0.39 is 0 Å². The van der Waals surface area contributed by atoms with Crippen LogP contribution in [0.4, 0.5) is 0 Å². The van der Waals surface area contributed by atoms with Gasteiger partial charge in [0.25, 0.3) is 0 Å². The molecule has 0 bridgehead atoms. The Kier molecular flexibility index (Phi) is 5.46. The highest BCUT2D eigenvalue weighted by Crippen LogP contribution is 2.62. The van der Waals surface area contributed by atoms with Gasteiger partial charge in [-0.2, -0.15) is 0 Å². The summed E-state index contributed by atoms with van der Waals surface area (Å²) in [6, 6.07) is 6.84. The van der Waals surface area contributed by atoms with Crippen LogP contribution in [-0.2, 0) is 16.0 Å². The van der Waals surface area contributed by atoms with Crippen LogP contribution in [-0.4, -0.2) is 18.7 Å². The summed E-state index contributed by atoms with van der Waals surface area (Å²) in [4.78, 5) is 11.6. The van der Waals surface area contributed by atoms with Crippen LogP contribution in [0.5, 0.6) is 5.75 Å². The molecule has 28 heavy (non-hydrogen) atoms. The third-order valence-electron chi connectivity index (χ3n) is 8.03. The third kappa shape index (κ3) is 3.35. The van der Waals surface area contributed by atoms with Crippen LogP contribution in [0.15, 0.2) is 18.2 Å². The van der Waals surface area contributed by atoms with Crippen molar-refractivity contribution in [3.05, 3.63) is 29.3 Å². The number of benzene rings is 1. The van der Waals surface area contributed by atoms with Crippen LogP contribution in [0.25, 0.3) is 0 Å². The van der Waals surface area contributed by atoms with Crippen LogP contribution < -0.4 is 4.74 Å². The molecule has 0 spiro atoms. The van der Waals surface area contributed by atoms with Gasteiger partial charge in [0, 0.05) is 12.3 Å². The standard InChI is InChI=1S/C25H36O3/c1-5-6-13-27-19-7-8-20-18(15-19)14-16(2)24-21(20)11-12-25(4)22(24)9-10-23(25)28-17(3)26/h7-8,15-16,21-24H,5-6,9-14H2,1-4H3/t16?,21?,22?,23-,24?,25?/m0/s1. The van der Waals surface area contributed by atoms with Gasteiger partial charge in [-0.3, -0.25) is 4.79 Å². The zero-order chi connectivity index (χ0) is 19.9. The van der Waals surface area contributed by atoms with E-state index in [9.17, 15) is 4.79 Å². The summed E-state index contributed by atoms with van der Waals surface area (Å²) in [6.07, 6.45) is 8.15. The second-order valence-electron chi connectivity index (χ2n) is 9.75. The van der Waals surface area contributed by atoms with Gasteiger partial charge in [-0.15, -0.1) is 0 Å². The fourth-order valence-corrected chi connectivity index (χ4v) is 6.72. The second-order valence-corrected chi connectivity index (χ2v) is 9.75. The van der Waals surface area contributed by atoms with E-state index in [4.69, 9.17) is 9.47 Å². The molecule has 3 aliphatic carbocycles. The minimum Gasteiger partial charge on any atom is -0.494 e. The summed E-state index contributed by atoms with van der Waals surface area (Å²) >= 11 is 0. The van der Waals surface area contributed by atoms with E-state index in [0.717, 1.165) is 38.0 Å². The molecule has 2 saturated carbocycles. The Labute approximate surface area is 170 Å². The summed E-state index contributed by atoms with van der Waals surface area (Å²) in [7, 11) is 0. The molecule has 154 valence electrons. The number of unbranched alkanes of at least 4 members (excludes halogenated alkanes) is 1. The number of ether oxygens (including phenoxy) is 2. The summed E-state index contributed by atoms with van der Waals surface area (Å²) in [5.41, 5.74) is 3.21. The van der Waals surface area contributed by atoms with Crippen molar-refractivity contribution in [1.82, 2.24) is 0 Å². The predicted octanol–water partition coefficient (Wildman–Crippen LogP) is 5.90. The average Bonchev–Trinajstić information content (AvgIpc) is 2.97. The molecule has 0 heterocycles. The molecule has 5 unspecified atom stereocenters. The Balaban J connectivity index is 1.57. The smallest absolute Gasteiger partial charge is 0.302 e. The molecule has 1 aromatic carbocycles. The lowest BCUT2D eigenvalue weighted by Gasteiger charge is -2.52. The fourth-order valence-electron chi connectivity index (χ4n) is 6.72. The van der Waals surface area contributed by atoms with Gasteiger partial charge in [0.05, 0.1) is 6.61 Å². The Bertz CT molecular complexity index is 727. The summed E-state index contributed by atoms with van der Waals surface area (Å²) in [5.74, 6) is 3.61. The SMILES string of the molecule is CCCCOc1ccc2c(c1)CC(C)C1C2CCC2(C)C1CC[C@@H]2OC(C)=O. The van der Waals surface area contributed by atoms with Crippen LogP contribution >= 0.6 is 0 Å². The minimum absolute atomic E-state index is 0.110. The molecule has 0 aliphatic heterocycles. The molecule has 3 nitrogen and oxygen atoms in total. The molecule has 0 N–H and O–H groups in total. The van der Waals surface area contributed by atoms with Crippen molar-refractivity contribution in [2.45, 2.75) is 84.7 Å². The highest BCUT2D eigenvalue weighted by molar-refractivity contribution is 5.66. The van der Waals surface area contributed by atoms with Gasteiger partial charge in [0.1, 0.15) is 11.9 Å². The first-order valence-electron chi connectivity index (χ1n) is 11.4. The van der Waals surface area contributed by atoms with Gasteiger partial charge in [-0.25, -0.2) is 0 Å². The van der Waals surface area contributed by atoms with Gasteiger partial charge in [0.15, 0.2) is 0 Å². The summed E-state index contributed by atoms with van der Waals surface area (Å²) in [6.45, 7) is 9.40. The first-order valence-corrected chi connectivity index (χ1v) is 11.4. The second kappa shape index (κ2) is 7.72. The summed E-state index contributed by atoms with van der Waals surface area (Å²) < 4.78 is 11.7. The average molecular weight is 385 g/mol. The lowest BCUT2D eigenvalue weighted by Crippen LogP contribution is -2.47. The lowest BCUT2D eigenvalue weighted by atomic mass is 9.53. The number of rotatable bonds is 5. The van der Waals surface area contributed by atoms with Crippen molar-refractivity contribution < 1.29 is 14.3 Å². The highest BCUT2D eigenvalue weighted by atomic mass is 16.5. The van der Waals surface area contributed by atoms with Crippen molar-refractivity contribution >= 4 is 5.97 Å². The van der Waals surface area contributed by atoms with Gasteiger partial charge in [-0.1, -0.05) is 33.3 Å². The Morgan fingerprint density at radius 1 is 1.25 bits per heavy atom. The van der Waals surface area contributed by atoms with Crippen molar-refractivity contribution in [2.24, 2.45) is 23.2 Å². The zero-order valence-electron chi connectivity index (χ0n) is 18.0. The number of fused-ring (bicyclic) bond motifs is 5. The first-order chi connectivity index (χ1) is 13.4. The molecular formula is C25H36O3. The molecule has 0 aromatic heterocycles. The van der Waals surface area contributed by atoms with Crippen molar-refractivity contribution in [2.75, 3.05) is 6.61 Å². The molecule has 0 amide bonds. The summed E-state index contributed by atoms with van der Waals surface area (Å²) in [5, 5.41) is 0. The van der Waals surface area contributed by atoms with Crippen LogP contribution in [0, 0.1) is 23.2 Å². The van der Waals surface area contributed by atoms with Gasteiger partial charge in [0.2, 0.25) is 0 Å². The van der Waals surface area contributed by atoms with Crippen LogP contribution in [0.3, 0.4) is 0 Å². The fraction of sp³-hybridized carbons (Fsp3) is 0.720. The largest absolute Gasteiger partial charge is 0.494 e. The van der Waals surface area contributed by atoms with Gasteiger partial charge in [-0.05, 0) is 85.5 Å². The molecule has 2 fully saturated rings. The quantitative estimate of drug-likeness (QED) is 0.468. The van der Waals surface area contributed by atoms with Crippen LogP contribution in [0.2, 0.25) is 0 Å². The molecule has 1 aromatic rings. The lowest BCUT2D eigenvalue weighted by molar-refractivity contribution is -0.155. The topological polar surface area (TPSA) is 35.5 Å². The maximum absolute atomic E-state index is 11.6. The van der Waals surface area contributed by atoms with Gasteiger partial charge < -0.3 is 9.47 Å². The van der Waals surface area contributed by atoms with E-state index >= 15 is 0 Å². The molecular weight excluding hydrogens is 348 g/mol. The number of carbonyl (C=O) groups excluding carboxylic acids is 1. The Hall–Kier alpha value is -1.51. The predicted molar refractivity (Wildman–Crippen MR) is 112 cm³/mol. The maximum atomic E-state index is 11.6. The monoisotopic (exact) mass is 384 g/mol. The van der Waals surface area contributed by atoms with E-state index in [1.807, 2.05) is 0 Å². The van der Waals surface area contributed by atoms with Crippen molar-refractivity contribution in [3.63, 3.8) is 0 Å². The molecule has 4 rings (SSSR count). The molecule has 3 heteroatoms. The zero-order valence-corrected chi connectivity index (χ0v) is 18.0. The molecule has 6 atom stereocenters. The molecule has 0 saturated heterocycles. The van der Waals surface area contributed by atoms with Gasteiger partial charge >= 0.3 is 5.97 Å². The van der Waals surface area contributed by atoms with E-state index in [2.05, 4.69) is 39.0 Å². The van der Waals surface area contributed by atoms with E-state index in [0.29, 0.717) is 23.7 Å². The van der Waals surface area contributed by atoms with E-state index in [1.165, 1.54) is 24.8 Å². The highest BCUT2D eigenvalue weighted by Gasteiger charge is 2.57. The Morgan fingerprint density at radius 3 is 2.82 bits per heavy atom. The number of hydrogen-bond acceptors (Lipinski definition) is 3. The normalized spacial score (nSPS) is 36.2. The number of hydrogen-bond donors (Lipinski definition) is 0. The van der Waals surface area contributed by atoms with E-state index in [1.54, 1.807) is 12.5 Å². The number of esters is 1. The maximum Gasteiger partial charge on any atom is 0.302 e. The van der Waals surface area contributed by atoms with E-state index in [-0.39, 0.29) is 17.5 Å². The number of carbonyl (C=O) groups is 1. The molecule has 0 radical (unpaired) electrons. The minimum atomic E-state index is -0.119. The molecule has 3 aliphatic rings. The first kappa shape index (κ1) is 19.8. The van der Waals surface area contributed by atoms with Crippen molar-refractivity contribution in [3.8, 4) is 5.75 Å².